The zero-order chi connectivity index (χ0) is 14.7. The van der Waals surface area contributed by atoms with Crippen LogP contribution >= 0.6 is 0 Å². The van der Waals surface area contributed by atoms with E-state index in [1.165, 1.54) is 30.5 Å². The van der Waals surface area contributed by atoms with Gasteiger partial charge in [0.1, 0.15) is 0 Å². The molecule has 0 radical (unpaired) electrons. The van der Waals surface area contributed by atoms with E-state index in [-0.39, 0.29) is 22.9 Å². The minimum absolute atomic E-state index is 0.00898. The van der Waals surface area contributed by atoms with Crippen LogP contribution in [0.2, 0.25) is 0 Å². The number of nitrogens with zero attached hydrogens (tertiary/aromatic N) is 2. The molecule has 0 amide bonds. The summed E-state index contributed by atoms with van der Waals surface area (Å²) < 4.78 is 5.33. The normalized spacial score (nSPS) is 10.1. The third-order valence-electron chi connectivity index (χ3n) is 2.51. The molecule has 0 spiro atoms. The highest BCUT2D eigenvalue weighted by atomic mass is 16.6. The Bertz CT molecular complexity index is 684. The molecular weight excluding hydrogens is 264 g/mol. The molecule has 1 heterocycles. The number of ether oxygens (including phenoxy) is 1. The number of aryl methyl sites for hydroxylation is 1. The van der Waals surface area contributed by atoms with E-state index in [9.17, 15) is 14.9 Å². The summed E-state index contributed by atoms with van der Waals surface area (Å²) in [5.74, 6) is -1.13. The lowest BCUT2D eigenvalue weighted by atomic mass is 10.2. The van der Waals surface area contributed by atoms with E-state index in [1.54, 1.807) is 13.0 Å². The zero-order valence-corrected chi connectivity index (χ0v) is 10.4. The van der Waals surface area contributed by atoms with Crippen LogP contribution in [-0.4, -0.2) is 21.0 Å². The molecule has 0 aliphatic rings. The van der Waals surface area contributed by atoms with Gasteiger partial charge in [-0.15, -0.1) is 0 Å². The predicted octanol–water partition coefficient (Wildman–Crippen LogP) is 2.79. The Kier molecular flexibility index (Phi) is 3.60. The Labute approximate surface area is 113 Å². The highest BCUT2D eigenvalue weighted by Gasteiger charge is 2.16. The number of rotatable bonds is 4. The quantitative estimate of drug-likeness (QED) is 0.679. The number of nitro groups is 1. The van der Waals surface area contributed by atoms with E-state index >= 15 is 0 Å². The van der Waals surface area contributed by atoms with Crippen LogP contribution in [0.3, 0.4) is 0 Å². The fourth-order valence-electron chi connectivity index (χ4n) is 1.56. The summed E-state index contributed by atoms with van der Waals surface area (Å²) in [4.78, 5) is 25.0. The van der Waals surface area contributed by atoms with Crippen LogP contribution in [0.4, 0.5) is 5.69 Å². The number of benzene rings is 1. The van der Waals surface area contributed by atoms with E-state index in [0.717, 1.165) is 5.56 Å². The van der Waals surface area contributed by atoms with Gasteiger partial charge in [0.05, 0.1) is 10.5 Å². The van der Waals surface area contributed by atoms with Crippen LogP contribution in [0.25, 0.3) is 0 Å². The highest BCUT2D eigenvalue weighted by molar-refractivity contribution is 5.87. The van der Waals surface area contributed by atoms with Crippen molar-refractivity contribution < 1.29 is 19.6 Å². The molecule has 0 atom stereocenters. The van der Waals surface area contributed by atoms with Gasteiger partial charge in [-0.1, -0.05) is 6.07 Å². The van der Waals surface area contributed by atoms with Crippen LogP contribution in [0.5, 0.6) is 11.6 Å². The summed E-state index contributed by atoms with van der Waals surface area (Å²) in [7, 11) is 0. The fraction of sp³-hybridized carbons (Fsp3) is 0.0769. The van der Waals surface area contributed by atoms with Crippen molar-refractivity contribution >= 4 is 11.7 Å². The average Bonchev–Trinajstić information content (AvgIpc) is 2.38. The second-order valence-corrected chi connectivity index (χ2v) is 4.02. The molecule has 7 heteroatoms. The number of carboxylic acids is 1. The SMILES string of the molecule is Cc1ccc([N+](=O)[O-])c(Oc2cc(C(=O)O)ccn2)c1. The van der Waals surface area contributed by atoms with Gasteiger partial charge in [0.2, 0.25) is 11.6 Å². The van der Waals surface area contributed by atoms with Crippen molar-refractivity contribution in [3.8, 4) is 11.6 Å². The van der Waals surface area contributed by atoms with Crippen molar-refractivity contribution in [3.63, 3.8) is 0 Å². The van der Waals surface area contributed by atoms with Crippen molar-refractivity contribution in [2.45, 2.75) is 6.92 Å². The number of aromatic nitrogens is 1. The molecule has 1 aromatic carbocycles. The van der Waals surface area contributed by atoms with Crippen molar-refractivity contribution in [2.75, 3.05) is 0 Å². The van der Waals surface area contributed by atoms with Gasteiger partial charge in [0.15, 0.2) is 0 Å². The second kappa shape index (κ2) is 5.35. The van der Waals surface area contributed by atoms with Gasteiger partial charge >= 0.3 is 11.7 Å². The van der Waals surface area contributed by atoms with Crippen molar-refractivity contribution in [3.05, 3.63) is 57.8 Å². The highest BCUT2D eigenvalue weighted by Crippen LogP contribution is 2.31. The molecule has 2 aromatic rings. The summed E-state index contributed by atoms with van der Waals surface area (Å²) in [5, 5.41) is 19.8. The number of carboxylic acid groups (broad SMARTS) is 1. The minimum Gasteiger partial charge on any atom is -0.478 e. The molecule has 0 saturated carbocycles. The Hall–Kier alpha value is -2.96. The fourth-order valence-corrected chi connectivity index (χ4v) is 1.56. The van der Waals surface area contributed by atoms with Gasteiger partial charge in [0.25, 0.3) is 0 Å². The first kappa shape index (κ1) is 13.5. The van der Waals surface area contributed by atoms with Crippen molar-refractivity contribution in [1.29, 1.82) is 0 Å². The third kappa shape index (κ3) is 2.89. The lowest BCUT2D eigenvalue weighted by Gasteiger charge is -2.06. The minimum atomic E-state index is -1.13. The summed E-state index contributed by atoms with van der Waals surface area (Å²) in [5.41, 5.74) is 0.559. The maximum absolute atomic E-state index is 10.9. The largest absolute Gasteiger partial charge is 0.478 e. The Morgan fingerprint density at radius 3 is 2.75 bits per heavy atom. The first-order valence-electron chi connectivity index (χ1n) is 5.59. The third-order valence-corrected chi connectivity index (χ3v) is 2.51. The monoisotopic (exact) mass is 274 g/mol. The Balaban J connectivity index is 2.39. The van der Waals surface area contributed by atoms with Gasteiger partial charge in [0, 0.05) is 18.3 Å². The number of pyridine rings is 1. The lowest BCUT2D eigenvalue weighted by Crippen LogP contribution is -1.99. The topological polar surface area (TPSA) is 103 Å². The maximum Gasteiger partial charge on any atom is 0.335 e. The van der Waals surface area contributed by atoms with E-state index in [0.29, 0.717) is 0 Å². The number of aromatic carboxylic acids is 1. The second-order valence-electron chi connectivity index (χ2n) is 4.02. The molecule has 1 N–H and O–H groups in total. The van der Waals surface area contributed by atoms with Gasteiger partial charge in [-0.25, -0.2) is 9.78 Å². The first-order valence-corrected chi connectivity index (χ1v) is 5.59. The van der Waals surface area contributed by atoms with Gasteiger partial charge in [-0.2, -0.15) is 0 Å². The van der Waals surface area contributed by atoms with Gasteiger partial charge < -0.3 is 9.84 Å². The zero-order valence-electron chi connectivity index (χ0n) is 10.4. The Morgan fingerprint density at radius 2 is 2.10 bits per heavy atom. The molecule has 7 nitrogen and oxygen atoms in total. The molecule has 102 valence electrons. The number of nitro benzene ring substituents is 1. The molecule has 1 aromatic heterocycles. The van der Waals surface area contributed by atoms with E-state index < -0.39 is 10.9 Å². The molecule has 20 heavy (non-hydrogen) atoms. The molecule has 0 unspecified atom stereocenters. The van der Waals surface area contributed by atoms with Crippen molar-refractivity contribution in [2.24, 2.45) is 0 Å². The molecule has 0 bridgehead atoms. The number of carbonyl (C=O) groups is 1. The summed E-state index contributed by atoms with van der Waals surface area (Å²) in [6, 6.07) is 6.92. The molecule has 0 aliphatic heterocycles. The standard InChI is InChI=1S/C13H10N2O5/c1-8-2-3-10(15(18)19)11(6-8)20-12-7-9(13(16)17)4-5-14-12/h2-7H,1H3,(H,16,17). The molecule has 0 aliphatic carbocycles. The smallest absolute Gasteiger partial charge is 0.335 e. The van der Waals surface area contributed by atoms with Crippen LogP contribution in [0, 0.1) is 17.0 Å². The lowest BCUT2D eigenvalue weighted by molar-refractivity contribution is -0.385. The average molecular weight is 274 g/mol. The van der Waals surface area contributed by atoms with E-state index in [1.807, 2.05) is 0 Å². The Morgan fingerprint density at radius 1 is 1.35 bits per heavy atom. The first-order chi connectivity index (χ1) is 9.47. The molecule has 0 fully saturated rings. The number of hydrogen-bond donors (Lipinski definition) is 1. The van der Waals surface area contributed by atoms with Crippen LogP contribution < -0.4 is 4.74 Å². The van der Waals surface area contributed by atoms with Crippen LogP contribution in [0.15, 0.2) is 36.5 Å². The molecule has 0 saturated heterocycles. The number of hydrogen-bond acceptors (Lipinski definition) is 5. The predicted molar refractivity (Wildman–Crippen MR) is 69.1 cm³/mol. The van der Waals surface area contributed by atoms with Gasteiger partial charge in [-0.3, -0.25) is 10.1 Å². The molecule has 2 rings (SSSR count). The van der Waals surface area contributed by atoms with E-state index in [2.05, 4.69) is 4.98 Å². The summed E-state index contributed by atoms with van der Waals surface area (Å²) in [6.45, 7) is 1.76. The molecular formula is C13H10N2O5. The van der Waals surface area contributed by atoms with E-state index in [4.69, 9.17) is 9.84 Å². The van der Waals surface area contributed by atoms with Gasteiger partial charge in [-0.05, 0) is 24.6 Å². The summed E-state index contributed by atoms with van der Waals surface area (Å²) in [6.07, 6.45) is 1.26. The summed E-state index contributed by atoms with van der Waals surface area (Å²) >= 11 is 0. The van der Waals surface area contributed by atoms with Crippen LogP contribution in [0.1, 0.15) is 15.9 Å². The van der Waals surface area contributed by atoms with Crippen LogP contribution in [-0.2, 0) is 0 Å². The van der Waals surface area contributed by atoms with Crippen molar-refractivity contribution in [1.82, 2.24) is 4.98 Å². The maximum atomic E-state index is 10.9.